The maximum atomic E-state index is 13.6. The average Bonchev–Trinajstić information content (AvgIpc) is 3.73. The van der Waals surface area contributed by atoms with Crippen LogP contribution >= 0.6 is 0 Å². The van der Waals surface area contributed by atoms with Crippen LogP contribution in [0, 0.1) is 0 Å². The van der Waals surface area contributed by atoms with E-state index in [0.29, 0.717) is 43.2 Å². The van der Waals surface area contributed by atoms with Crippen LogP contribution in [0.25, 0.3) is 10.9 Å². The van der Waals surface area contributed by atoms with Crippen molar-refractivity contribution in [3.8, 4) is 28.7 Å². The molecule has 1 aromatic heterocycles. The quantitative estimate of drug-likeness (QED) is 0.390. The van der Waals surface area contributed by atoms with E-state index in [0.717, 1.165) is 39.4 Å². The molecular formula is C32H31N3O7. The van der Waals surface area contributed by atoms with Crippen LogP contribution in [-0.4, -0.2) is 72.3 Å². The fourth-order valence-electron chi connectivity index (χ4n) is 7.20. The van der Waals surface area contributed by atoms with Gasteiger partial charge < -0.3 is 38.3 Å². The third-order valence-electron chi connectivity index (χ3n) is 9.13. The minimum Gasteiger partial charge on any atom is -0.497 e. The Morgan fingerprint density at radius 1 is 0.929 bits per heavy atom. The Morgan fingerprint density at radius 3 is 2.38 bits per heavy atom. The number of hydrogen-bond donors (Lipinski definition) is 1. The second-order valence-electron chi connectivity index (χ2n) is 11.5. The first-order valence-electron chi connectivity index (χ1n) is 14.1. The summed E-state index contributed by atoms with van der Waals surface area (Å²) in [6, 6.07) is 17.3. The predicted octanol–water partition coefficient (Wildman–Crippen LogP) is 3.59. The molecule has 0 saturated carbocycles. The van der Waals surface area contributed by atoms with Gasteiger partial charge in [-0.15, -0.1) is 0 Å². The lowest BCUT2D eigenvalue weighted by molar-refractivity contribution is -0.00371. The van der Waals surface area contributed by atoms with Crippen molar-refractivity contribution in [2.24, 2.45) is 7.05 Å². The molecule has 42 heavy (non-hydrogen) atoms. The van der Waals surface area contributed by atoms with Gasteiger partial charge in [0, 0.05) is 61.4 Å². The van der Waals surface area contributed by atoms with Gasteiger partial charge >= 0.3 is 0 Å². The zero-order chi connectivity index (χ0) is 28.6. The number of rotatable bonds is 5. The Labute approximate surface area is 242 Å². The lowest BCUT2D eigenvalue weighted by atomic mass is 9.68. The van der Waals surface area contributed by atoms with Crippen LogP contribution in [0.3, 0.4) is 0 Å². The first-order chi connectivity index (χ1) is 20.5. The van der Waals surface area contributed by atoms with Gasteiger partial charge in [-0.25, -0.2) is 0 Å². The molecule has 8 rings (SSSR count). The average molecular weight is 570 g/mol. The molecule has 4 aromatic rings. The molecule has 3 aromatic carbocycles. The van der Waals surface area contributed by atoms with Crippen molar-refractivity contribution in [3.05, 3.63) is 77.0 Å². The molecule has 0 aliphatic carbocycles. The molecule has 0 unspecified atom stereocenters. The van der Waals surface area contributed by atoms with E-state index in [2.05, 4.69) is 22.6 Å². The molecule has 1 fully saturated rings. The van der Waals surface area contributed by atoms with Gasteiger partial charge in [-0.1, -0.05) is 6.07 Å². The third-order valence-corrected chi connectivity index (χ3v) is 9.13. The van der Waals surface area contributed by atoms with E-state index in [1.165, 1.54) is 5.56 Å². The van der Waals surface area contributed by atoms with E-state index in [-0.39, 0.29) is 37.6 Å². The number of likely N-dealkylation sites (tertiary alicyclic amines) is 1. The highest BCUT2D eigenvalue weighted by Gasteiger charge is 2.54. The molecule has 216 valence electrons. The number of carbonyl (C=O) groups is 1. The number of aromatic nitrogens is 1. The number of carbonyl (C=O) groups excluding carboxylic acids is 1. The van der Waals surface area contributed by atoms with Crippen LogP contribution in [0.15, 0.2) is 54.6 Å². The molecule has 0 bridgehead atoms. The van der Waals surface area contributed by atoms with E-state index in [9.17, 15) is 9.90 Å². The van der Waals surface area contributed by atoms with Crippen LogP contribution in [0.4, 0.5) is 0 Å². The lowest BCUT2D eigenvalue weighted by Crippen LogP contribution is -2.67. The van der Waals surface area contributed by atoms with Crippen molar-refractivity contribution in [3.63, 3.8) is 0 Å². The molecule has 1 amide bonds. The maximum absolute atomic E-state index is 13.6. The first-order valence-corrected chi connectivity index (χ1v) is 14.1. The Kier molecular flexibility index (Phi) is 5.61. The van der Waals surface area contributed by atoms with Gasteiger partial charge in [-0.2, -0.15) is 0 Å². The fraction of sp³-hybridized carbons (Fsp3) is 0.344. The number of fused-ring (bicyclic) bond motifs is 6. The number of aliphatic hydroxyl groups excluding tert-OH is 1. The monoisotopic (exact) mass is 569 g/mol. The van der Waals surface area contributed by atoms with Crippen LogP contribution in [0.5, 0.6) is 28.7 Å². The Bertz CT molecular complexity index is 1740. The van der Waals surface area contributed by atoms with Gasteiger partial charge in [0.25, 0.3) is 5.91 Å². The zero-order valence-corrected chi connectivity index (χ0v) is 23.5. The van der Waals surface area contributed by atoms with Gasteiger partial charge in [-0.05, 0) is 53.6 Å². The highest BCUT2D eigenvalue weighted by Crippen LogP contribution is 2.50. The van der Waals surface area contributed by atoms with Crippen molar-refractivity contribution < 1.29 is 33.6 Å². The fourth-order valence-corrected chi connectivity index (χ4v) is 7.20. The molecule has 10 nitrogen and oxygen atoms in total. The Hall–Kier alpha value is -4.41. The van der Waals surface area contributed by atoms with Crippen LogP contribution < -0.4 is 23.7 Å². The summed E-state index contributed by atoms with van der Waals surface area (Å²) in [5.41, 5.74) is 4.67. The summed E-state index contributed by atoms with van der Waals surface area (Å²) in [7, 11) is 3.72. The third kappa shape index (κ3) is 3.68. The maximum Gasteiger partial charge on any atom is 0.254 e. The summed E-state index contributed by atoms with van der Waals surface area (Å²) in [6.45, 7) is 2.79. The summed E-state index contributed by atoms with van der Waals surface area (Å²) < 4.78 is 29.8. The predicted molar refractivity (Wildman–Crippen MR) is 152 cm³/mol. The molecular weight excluding hydrogens is 538 g/mol. The molecule has 1 spiro atoms. The molecule has 4 aliphatic heterocycles. The number of ether oxygens (including phenoxy) is 5. The molecule has 1 saturated heterocycles. The number of nitrogens with zero attached hydrogens (tertiary/aromatic N) is 3. The molecule has 1 atom stereocenters. The summed E-state index contributed by atoms with van der Waals surface area (Å²) in [5.74, 6) is 3.48. The minimum atomic E-state index is -0.308. The minimum absolute atomic E-state index is 0.0330. The van der Waals surface area contributed by atoms with Crippen molar-refractivity contribution >= 4 is 16.8 Å². The number of amides is 1. The number of methoxy groups -OCH3 is 1. The molecule has 0 radical (unpaired) electrons. The van der Waals surface area contributed by atoms with Crippen molar-refractivity contribution in [1.82, 2.24) is 14.4 Å². The largest absolute Gasteiger partial charge is 0.497 e. The van der Waals surface area contributed by atoms with E-state index in [1.807, 2.05) is 35.2 Å². The van der Waals surface area contributed by atoms with E-state index in [1.54, 1.807) is 25.3 Å². The zero-order valence-electron chi connectivity index (χ0n) is 23.5. The summed E-state index contributed by atoms with van der Waals surface area (Å²) >= 11 is 0. The normalized spacial score (nSPS) is 19.7. The van der Waals surface area contributed by atoms with Gasteiger partial charge in [0.2, 0.25) is 13.6 Å². The molecule has 4 aliphatic rings. The summed E-state index contributed by atoms with van der Waals surface area (Å²) in [6.07, 6.45) is 0. The number of hydrogen-bond acceptors (Lipinski definition) is 8. The van der Waals surface area contributed by atoms with E-state index < -0.39 is 0 Å². The van der Waals surface area contributed by atoms with Crippen molar-refractivity contribution in [1.29, 1.82) is 0 Å². The van der Waals surface area contributed by atoms with Crippen LogP contribution in [-0.2, 0) is 19.0 Å². The summed E-state index contributed by atoms with van der Waals surface area (Å²) in [5, 5.41) is 11.9. The molecule has 10 heteroatoms. The topological polar surface area (TPSA) is 94.9 Å². The lowest BCUT2D eigenvalue weighted by Gasteiger charge is -2.56. The van der Waals surface area contributed by atoms with Crippen LogP contribution in [0.1, 0.15) is 33.2 Å². The number of benzene rings is 3. The van der Waals surface area contributed by atoms with Gasteiger partial charge in [0.15, 0.2) is 23.0 Å². The number of aryl methyl sites for hydroxylation is 1. The highest BCUT2D eigenvalue weighted by atomic mass is 16.7. The SMILES string of the molecule is COc1ccc2c3c(n(C)c2c1)[C@H](CO)N(Cc1ccc2c(c1)OCO2)CC31CN(C(=O)c2ccc3c(c2)OCO3)C1. The molecule has 1 N–H and O–H groups in total. The second-order valence-corrected chi connectivity index (χ2v) is 11.5. The first kappa shape index (κ1) is 25.3. The van der Waals surface area contributed by atoms with Gasteiger partial charge in [0.1, 0.15) is 5.75 Å². The van der Waals surface area contributed by atoms with Gasteiger partial charge in [-0.3, -0.25) is 9.69 Å². The van der Waals surface area contributed by atoms with Crippen molar-refractivity contribution in [2.75, 3.05) is 46.9 Å². The second kappa shape index (κ2) is 9.30. The van der Waals surface area contributed by atoms with Crippen molar-refractivity contribution in [2.45, 2.75) is 18.0 Å². The smallest absolute Gasteiger partial charge is 0.254 e. The van der Waals surface area contributed by atoms with E-state index in [4.69, 9.17) is 23.7 Å². The highest BCUT2D eigenvalue weighted by molar-refractivity contribution is 5.96. The standard InChI is InChI=1S/C32H31N3O7/c1-33-23-11-21(38-2)5-6-22(23)29-30(33)24(13-36)34(12-19-3-7-25-27(9-19)41-17-39-25)14-32(29)15-35(16-32)31(37)20-4-8-26-28(10-20)42-18-40-26/h3-11,24,36H,12-18H2,1-2H3/t24-/m0/s1. The molecule has 5 heterocycles. The van der Waals surface area contributed by atoms with Crippen LogP contribution in [0.2, 0.25) is 0 Å². The van der Waals surface area contributed by atoms with Gasteiger partial charge in [0.05, 0.1) is 25.3 Å². The number of aliphatic hydroxyl groups is 1. The summed E-state index contributed by atoms with van der Waals surface area (Å²) in [4.78, 5) is 17.9. The Balaban J connectivity index is 1.18. The Morgan fingerprint density at radius 2 is 1.64 bits per heavy atom. The van der Waals surface area contributed by atoms with E-state index >= 15 is 0 Å².